The van der Waals surface area contributed by atoms with Crippen LogP contribution in [0.25, 0.3) is 11.3 Å². The standard InChI is InChI=1S/C11H13N3O/c1-2-9-10(13-14-11(9)12)7-4-3-5-8(15)6-7/h3-6,15H,2H2,1H3,(H3,12,13,14). The van der Waals surface area contributed by atoms with Gasteiger partial charge in [0, 0.05) is 11.1 Å². The molecule has 0 amide bonds. The van der Waals surface area contributed by atoms with Crippen molar-refractivity contribution < 1.29 is 5.11 Å². The van der Waals surface area contributed by atoms with E-state index in [1.165, 1.54) is 0 Å². The number of phenols is 1. The summed E-state index contributed by atoms with van der Waals surface area (Å²) in [6, 6.07) is 7.02. The number of hydrogen-bond donors (Lipinski definition) is 3. The molecule has 1 aromatic carbocycles. The maximum atomic E-state index is 9.38. The van der Waals surface area contributed by atoms with E-state index in [0.717, 1.165) is 23.2 Å². The van der Waals surface area contributed by atoms with E-state index in [0.29, 0.717) is 5.82 Å². The summed E-state index contributed by atoms with van der Waals surface area (Å²) in [5.74, 6) is 0.763. The molecule has 1 heterocycles. The lowest BCUT2D eigenvalue weighted by molar-refractivity contribution is 0.475. The molecule has 0 radical (unpaired) electrons. The summed E-state index contributed by atoms with van der Waals surface area (Å²) in [5.41, 5.74) is 8.49. The van der Waals surface area contributed by atoms with Crippen LogP contribution in [0, 0.1) is 0 Å². The van der Waals surface area contributed by atoms with Crippen molar-refractivity contribution >= 4 is 5.82 Å². The quantitative estimate of drug-likeness (QED) is 0.698. The van der Waals surface area contributed by atoms with Crippen LogP contribution in [0.4, 0.5) is 5.82 Å². The van der Waals surface area contributed by atoms with Crippen LogP contribution in [0.2, 0.25) is 0 Å². The number of phenolic OH excluding ortho intramolecular Hbond substituents is 1. The van der Waals surface area contributed by atoms with Crippen molar-refractivity contribution in [2.75, 3.05) is 5.73 Å². The van der Waals surface area contributed by atoms with Crippen LogP contribution in [-0.4, -0.2) is 15.3 Å². The van der Waals surface area contributed by atoms with Gasteiger partial charge in [0.15, 0.2) is 0 Å². The zero-order valence-corrected chi connectivity index (χ0v) is 8.49. The highest BCUT2D eigenvalue weighted by molar-refractivity contribution is 5.68. The summed E-state index contributed by atoms with van der Waals surface area (Å²) in [6.07, 6.45) is 0.813. The Hall–Kier alpha value is -1.97. The Labute approximate surface area is 87.7 Å². The van der Waals surface area contributed by atoms with Gasteiger partial charge in [-0.3, -0.25) is 5.10 Å². The molecule has 0 saturated heterocycles. The number of aromatic hydroxyl groups is 1. The van der Waals surface area contributed by atoms with E-state index in [1.54, 1.807) is 18.2 Å². The first-order valence-electron chi connectivity index (χ1n) is 4.84. The van der Waals surface area contributed by atoms with Gasteiger partial charge in [-0.2, -0.15) is 5.10 Å². The monoisotopic (exact) mass is 203 g/mol. The highest BCUT2D eigenvalue weighted by Gasteiger charge is 2.10. The summed E-state index contributed by atoms with van der Waals surface area (Å²) < 4.78 is 0. The fourth-order valence-corrected chi connectivity index (χ4v) is 1.64. The van der Waals surface area contributed by atoms with E-state index < -0.39 is 0 Å². The molecule has 0 aliphatic heterocycles. The average molecular weight is 203 g/mol. The summed E-state index contributed by atoms with van der Waals surface area (Å²) in [4.78, 5) is 0. The second-order valence-corrected chi connectivity index (χ2v) is 3.37. The van der Waals surface area contributed by atoms with Gasteiger partial charge < -0.3 is 10.8 Å². The molecule has 0 aliphatic rings. The number of benzene rings is 1. The molecule has 2 aromatic rings. The number of hydrogen-bond acceptors (Lipinski definition) is 3. The predicted octanol–water partition coefficient (Wildman–Crippen LogP) is 1.93. The minimum atomic E-state index is 0.239. The third-order valence-corrected chi connectivity index (χ3v) is 2.39. The molecular formula is C11H13N3O. The van der Waals surface area contributed by atoms with Crippen molar-refractivity contribution in [2.45, 2.75) is 13.3 Å². The number of aromatic nitrogens is 2. The van der Waals surface area contributed by atoms with Crippen molar-refractivity contribution in [1.82, 2.24) is 10.2 Å². The van der Waals surface area contributed by atoms with E-state index in [4.69, 9.17) is 5.73 Å². The maximum absolute atomic E-state index is 9.38. The van der Waals surface area contributed by atoms with Gasteiger partial charge in [-0.25, -0.2) is 0 Å². The van der Waals surface area contributed by atoms with Crippen molar-refractivity contribution in [1.29, 1.82) is 0 Å². The number of nitrogens with zero attached hydrogens (tertiary/aromatic N) is 1. The smallest absolute Gasteiger partial charge is 0.149 e. The Morgan fingerprint density at radius 3 is 2.93 bits per heavy atom. The number of H-pyrrole nitrogens is 1. The number of nitrogens with two attached hydrogens (primary N) is 1. The Kier molecular flexibility index (Phi) is 2.33. The van der Waals surface area contributed by atoms with Crippen LogP contribution in [0.5, 0.6) is 5.75 Å². The van der Waals surface area contributed by atoms with E-state index in [-0.39, 0.29) is 5.75 Å². The second-order valence-electron chi connectivity index (χ2n) is 3.37. The molecule has 1 aromatic heterocycles. The van der Waals surface area contributed by atoms with Crippen molar-refractivity contribution in [3.05, 3.63) is 29.8 Å². The van der Waals surface area contributed by atoms with E-state index in [9.17, 15) is 5.11 Å². The Balaban J connectivity index is 2.54. The first-order chi connectivity index (χ1) is 7.22. The van der Waals surface area contributed by atoms with Gasteiger partial charge in [0.2, 0.25) is 0 Å². The number of rotatable bonds is 2. The van der Waals surface area contributed by atoms with Crippen LogP contribution in [0.1, 0.15) is 12.5 Å². The molecule has 0 atom stereocenters. The zero-order chi connectivity index (χ0) is 10.8. The zero-order valence-electron chi connectivity index (χ0n) is 8.49. The molecule has 0 aliphatic carbocycles. The van der Waals surface area contributed by atoms with Gasteiger partial charge in [-0.1, -0.05) is 19.1 Å². The van der Waals surface area contributed by atoms with Crippen molar-refractivity contribution in [3.63, 3.8) is 0 Å². The Morgan fingerprint density at radius 2 is 2.27 bits per heavy atom. The van der Waals surface area contributed by atoms with Gasteiger partial charge in [0.05, 0.1) is 5.69 Å². The first kappa shape index (κ1) is 9.58. The van der Waals surface area contributed by atoms with Crippen LogP contribution in [0.15, 0.2) is 24.3 Å². The van der Waals surface area contributed by atoms with E-state index in [1.807, 2.05) is 13.0 Å². The normalized spacial score (nSPS) is 10.5. The number of nitrogen functional groups attached to an aromatic ring is 1. The third kappa shape index (κ3) is 1.66. The van der Waals surface area contributed by atoms with Crippen LogP contribution in [0.3, 0.4) is 0 Å². The van der Waals surface area contributed by atoms with Gasteiger partial charge in [0.25, 0.3) is 0 Å². The summed E-state index contributed by atoms with van der Waals surface area (Å²) >= 11 is 0. The van der Waals surface area contributed by atoms with E-state index >= 15 is 0 Å². The minimum absolute atomic E-state index is 0.239. The Bertz CT molecular complexity index is 476. The van der Waals surface area contributed by atoms with Crippen LogP contribution < -0.4 is 5.73 Å². The van der Waals surface area contributed by atoms with Crippen molar-refractivity contribution in [2.24, 2.45) is 0 Å². The molecule has 0 spiro atoms. The lowest BCUT2D eigenvalue weighted by atomic mass is 10.1. The highest BCUT2D eigenvalue weighted by Crippen LogP contribution is 2.27. The molecule has 0 fully saturated rings. The molecule has 0 unspecified atom stereocenters. The lowest BCUT2D eigenvalue weighted by Crippen LogP contribution is -1.90. The second kappa shape index (κ2) is 3.65. The molecular weight excluding hydrogens is 190 g/mol. The summed E-state index contributed by atoms with van der Waals surface area (Å²) in [7, 11) is 0. The van der Waals surface area contributed by atoms with Gasteiger partial charge in [0.1, 0.15) is 11.6 Å². The van der Waals surface area contributed by atoms with Crippen LogP contribution >= 0.6 is 0 Å². The largest absolute Gasteiger partial charge is 0.508 e. The minimum Gasteiger partial charge on any atom is -0.508 e. The van der Waals surface area contributed by atoms with Crippen LogP contribution in [-0.2, 0) is 6.42 Å². The first-order valence-corrected chi connectivity index (χ1v) is 4.84. The van der Waals surface area contributed by atoms with Gasteiger partial charge in [-0.15, -0.1) is 0 Å². The molecule has 2 rings (SSSR count). The molecule has 0 bridgehead atoms. The number of anilines is 1. The fourth-order valence-electron chi connectivity index (χ4n) is 1.64. The molecule has 0 saturated carbocycles. The number of aromatic amines is 1. The fraction of sp³-hybridized carbons (Fsp3) is 0.182. The molecule has 78 valence electrons. The summed E-state index contributed by atoms with van der Waals surface area (Å²) in [6.45, 7) is 2.02. The topological polar surface area (TPSA) is 74.9 Å². The van der Waals surface area contributed by atoms with Crippen molar-refractivity contribution in [3.8, 4) is 17.0 Å². The molecule has 4 heteroatoms. The van der Waals surface area contributed by atoms with Gasteiger partial charge >= 0.3 is 0 Å². The lowest BCUT2D eigenvalue weighted by Gasteiger charge is -2.02. The molecule has 4 N–H and O–H groups in total. The highest BCUT2D eigenvalue weighted by atomic mass is 16.3. The SMILES string of the molecule is CCc1c(N)n[nH]c1-c1cccc(O)c1. The van der Waals surface area contributed by atoms with E-state index in [2.05, 4.69) is 10.2 Å². The molecule has 15 heavy (non-hydrogen) atoms. The molecule has 4 nitrogen and oxygen atoms in total. The third-order valence-electron chi connectivity index (χ3n) is 2.39. The average Bonchev–Trinajstić information content (AvgIpc) is 2.59. The maximum Gasteiger partial charge on any atom is 0.149 e. The summed E-state index contributed by atoms with van der Waals surface area (Å²) in [5, 5.41) is 16.2. The number of nitrogens with one attached hydrogen (secondary N) is 1. The van der Waals surface area contributed by atoms with Gasteiger partial charge in [-0.05, 0) is 18.6 Å². The predicted molar refractivity (Wildman–Crippen MR) is 59.5 cm³/mol. The Morgan fingerprint density at radius 1 is 1.47 bits per heavy atom.